The van der Waals surface area contributed by atoms with Gasteiger partial charge >= 0.3 is 0 Å². The number of hydrogen-bond acceptors (Lipinski definition) is 2. The molecule has 0 bridgehead atoms. The minimum absolute atomic E-state index is 0.494. The highest BCUT2D eigenvalue weighted by Crippen LogP contribution is 2.67. The quantitative estimate of drug-likeness (QED) is 0.607. The van der Waals surface area contributed by atoms with Crippen molar-refractivity contribution < 1.29 is 0 Å². The van der Waals surface area contributed by atoms with Gasteiger partial charge in [-0.2, -0.15) is 0 Å². The molecule has 3 N–H and O–H groups in total. The summed E-state index contributed by atoms with van der Waals surface area (Å²) in [7, 11) is 0. The van der Waals surface area contributed by atoms with Gasteiger partial charge in [-0.1, -0.05) is 39.8 Å². The molecule has 106 valence electrons. The minimum atomic E-state index is 0.494. The molecule has 1 aliphatic rings. The smallest absolute Gasteiger partial charge is 0.0316 e. The van der Waals surface area contributed by atoms with Crippen LogP contribution in [0.1, 0.15) is 39.7 Å². The van der Waals surface area contributed by atoms with Gasteiger partial charge in [-0.05, 0) is 60.4 Å². The first kappa shape index (κ1) is 14.4. The Kier molecular flexibility index (Phi) is 3.91. The summed E-state index contributed by atoms with van der Waals surface area (Å²) < 4.78 is 0. The maximum Gasteiger partial charge on any atom is 0.0316 e. The fourth-order valence-corrected chi connectivity index (χ4v) is 3.26. The molecular formula is C17H28N2. The molecule has 0 aliphatic heterocycles. The van der Waals surface area contributed by atoms with Gasteiger partial charge in [0.25, 0.3) is 0 Å². The van der Waals surface area contributed by atoms with Crippen molar-refractivity contribution in [2.24, 2.45) is 16.7 Å². The molecule has 0 unspecified atom stereocenters. The van der Waals surface area contributed by atoms with Crippen molar-refractivity contribution in [3.8, 4) is 0 Å². The van der Waals surface area contributed by atoms with Gasteiger partial charge in [0.05, 0.1) is 0 Å². The molecule has 1 saturated carbocycles. The van der Waals surface area contributed by atoms with E-state index in [2.05, 4.69) is 45.1 Å². The van der Waals surface area contributed by atoms with Crippen molar-refractivity contribution in [3.63, 3.8) is 0 Å². The van der Waals surface area contributed by atoms with E-state index in [1.54, 1.807) is 0 Å². The molecule has 0 atom stereocenters. The SMILES string of the molecule is CC1(C)C(CNCCCc2cccc(N)c2)C1(C)C. The summed E-state index contributed by atoms with van der Waals surface area (Å²) in [5, 5.41) is 3.61. The maximum absolute atomic E-state index is 5.78. The minimum Gasteiger partial charge on any atom is -0.399 e. The molecule has 0 radical (unpaired) electrons. The Morgan fingerprint density at radius 3 is 2.42 bits per heavy atom. The third-order valence-electron chi connectivity index (χ3n) is 5.44. The number of benzene rings is 1. The lowest BCUT2D eigenvalue weighted by molar-refractivity contribution is 0.457. The van der Waals surface area contributed by atoms with Crippen LogP contribution in [-0.4, -0.2) is 13.1 Å². The van der Waals surface area contributed by atoms with Crippen molar-refractivity contribution in [1.82, 2.24) is 5.32 Å². The van der Waals surface area contributed by atoms with Crippen molar-refractivity contribution in [2.45, 2.75) is 40.5 Å². The number of rotatable bonds is 6. The number of nitrogens with one attached hydrogen (secondary N) is 1. The predicted molar refractivity (Wildman–Crippen MR) is 83.1 cm³/mol. The summed E-state index contributed by atoms with van der Waals surface area (Å²) >= 11 is 0. The number of hydrogen-bond donors (Lipinski definition) is 2. The lowest BCUT2D eigenvalue weighted by Crippen LogP contribution is -2.21. The first-order valence-electron chi connectivity index (χ1n) is 7.41. The molecule has 1 aliphatic carbocycles. The van der Waals surface area contributed by atoms with E-state index < -0.39 is 0 Å². The second kappa shape index (κ2) is 5.16. The van der Waals surface area contributed by atoms with Crippen molar-refractivity contribution in [2.75, 3.05) is 18.8 Å². The zero-order valence-corrected chi connectivity index (χ0v) is 12.8. The van der Waals surface area contributed by atoms with Crippen LogP contribution in [0.5, 0.6) is 0 Å². The summed E-state index contributed by atoms with van der Waals surface area (Å²) in [5.74, 6) is 0.812. The van der Waals surface area contributed by atoms with Gasteiger partial charge in [-0.15, -0.1) is 0 Å². The van der Waals surface area contributed by atoms with Gasteiger partial charge in [0.15, 0.2) is 0 Å². The van der Waals surface area contributed by atoms with Crippen molar-refractivity contribution >= 4 is 5.69 Å². The van der Waals surface area contributed by atoms with Gasteiger partial charge in [0.1, 0.15) is 0 Å². The first-order chi connectivity index (χ1) is 8.85. The number of anilines is 1. The standard InChI is InChI=1S/C17H28N2/c1-16(2)15(17(16,3)4)12-19-10-6-8-13-7-5-9-14(18)11-13/h5,7,9,11,15,19H,6,8,10,12,18H2,1-4H3. The molecule has 0 amide bonds. The molecule has 0 saturated heterocycles. The Hall–Kier alpha value is -1.02. The summed E-state index contributed by atoms with van der Waals surface area (Å²) in [6.07, 6.45) is 2.28. The van der Waals surface area contributed by atoms with Crippen molar-refractivity contribution in [3.05, 3.63) is 29.8 Å². The summed E-state index contributed by atoms with van der Waals surface area (Å²) in [4.78, 5) is 0. The molecule has 2 heteroatoms. The van der Waals surface area contributed by atoms with E-state index in [1.165, 1.54) is 12.0 Å². The van der Waals surface area contributed by atoms with Gasteiger partial charge in [0, 0.05) is 5.69 Å². The predicted octanol–water partition coefficient (Wildman–Crippen LogP) is 3.47. The molecule has 1 fully saturated rings. The molecule has 19 heavy (non-hydrogen) atoms. The van der Waals surface area contributed by atoms with Crippen LogP contribution < -0.4 is 11.1 Å². The van der Waals surface area contributed by atoms with Crippen LogP contribution in [0.4, 0.5) is 5.69 Å². The van der Waals surface area contributed by atoms with Crippen LogP contribution in [0.2, 0.25) is 0 Å². The highest BCUT2D eigenvalue weighted by molar-refractivity contribution is 5.40. The molecular weight excluding hydrogens is 232 g/mol. The highest BCUT2D eigenvalue weighted by atomic mass is 14.9. The summed E-state index contributed by atoms with van der Waals surface area (Å²) in [5.41, 5.74) is 8.98. The molecule has 0 heterocycles. The second-order valence-corrected chi connectivity index (χ2v) is 7.05. The van der Waals surface area contributed by atoms with E-state index in [4.69, 9.17) is 5.73 Å². The zero-order valence-electron chi connectivity index (χ0n) is 12.8. The Labute approximate surface area is 117 Å². The average Bonchev–Trinajstić information content (AvgIpc) is 2.70. The molecule has 0 spiro atoms. The summed E-state index contributed by atoms with van der Waals surface area (Å²) in [6, 6.07) is 8.21. The van der Waals surface area contributed by atoms with Gasteiger partial charge in [-0.25, -0.2) is 0 Å². The fourth-order valence-electron chi connectivity index (χ4n) is 3.26. The van der Waals surface area contributed by atoms with Gasteiger partial charge in [0.2, 0.25) is 0 Å². The number of nitrogens with two attached hydrogens (primary N) is 1. The number of aryl methyl sites for hydroxylation is 1. The molecule has 0 aromatic heterocycles. The van der Waals surface area contributed by atoms with Crippen LogP contribution >= 0.6 is 0 Å². The van der Waals surface area contributed by atoms with E-state index >= 15 is 0 Å². The second-order valence-electron chi connectivity index (χ2n) is 7.05. The molecule has 1 aromatic carbocycles. The van der Waals surface area contributed by atoms with E-state index in [-0.39, 0.29) is 0 Å². The Bertz CT molecular complexity index is 421. The Balaban J connectivity index is 1.64. The summed E-state index contributed by atoms with van der Waals surface area (Å²) in [6.45, 7) is 11.8. The van der Waals surface area contributed by atoms with Gasteiger partial charge < -0.3 is 11.1 Å². The van der Waals surface area contributed by atoms with Gasteiger partial charge in [-0.3, -0.25) is 0 Å². The number of nitrogen functional groups attached to an aromatic ring is 1. The van der Waals surface area contributed by atoms with E-state index in [9.17, 15) is 0 Å². The zero-order chi connectivity index (χ0) is 14.1. The normalized spacial score (nSPS) is 20.4. The van der Waals surface area contributed by atoms with Crippen LogP contribution in [0.25, 0.3) is 0 Å². The lowest BCUT2D eigenvalue weighted by Gasteiger charge is -2.06. The highest BCUT2D eigenvalue weighted by Gasteiger charge is 2.63. The molecule has 2 nitrogen and oxygen atoms in total. The first-order valence-corrected chi connectivity index (χ1v) is 7.41. The lowest BCUT2D eigenvalue weighted by atomic mass is 10.0. The van der Waals surface area contributed by atoms with E-state index in [1.807, 2.05) is 12.1 Å². The average molecular weight is 260 g/mol. The van der Waals surface area contributed by atoms with Crippen LogP contribution in [-0.2, 0) is 6.42 Å². The Morgan fingerprint density at radius 2 is 1.84 bits per heavy atom. The topological polar surface area (TPSA) is 38.0 Å². The van der Waals surface area contributed by atoms with Crippen molar-refractivity contribution in [1.29, 1.82) is 0 Å². The van der Waals surface area contributed by atoms with Crippen LogP contribution in [0.3, 0.4) is 0 Å². The largest absolute Gasteiger partial charge is 0.399 e. The van der Waals surface area contributed by atoms with Crippen LogP contribution in [0, 0.1) is 16.7 Å². The molecule has 1 aromatic rings. The van der Waals surface area contributed by atoms with E-state index in [0.717, 1.165) is 31.1 Å². The van der Waals surface area contributed by atoms with Crippen LogP contribution in [0.15, 0.2) is 24.3 Å². The maximum atomic E-state index is 5.78. The third kappa shape index (κ3) is 2.94. The fraction of sp³-hybridized carbons (Fsp3) is 0.647. The molecule has 2 rings (SSSR count). The van der Waals surface area contributed by atoms with E-state index in [0.29, 0.717) is 10.8 Å². The monoisotopic (exact) mass is 260 g/mol. The third-order valence-corrected chi connectivity index (χ3v) is 5.44. The Morgan fingerprint density at radius 1 is 1.16 bits per heavy atom.